The molecule has 0 saturated carbocycles. The molecule has 0 aliphatic carbocycles. The second-order valence-corrected chi connectivity index (χ2v) is 4.86. The van der Waals surface area contributed by atoms with Gasteiger partial charge in [0.25, 0.3) is 0 Å². The van der Waals surface area contributed by atoms with Crippen LogP contribution >= 0.6 is 0 Å². The van der Waals surface area contributed by atoms with Gasteiger partial charge in [0.05, 0.1) is 0 Å². The summed E-state index contributed by atoms with van der Waals surface area (Å²) in [6, 6.07) is 9.75. The second-order valence-electron chi connectivity index (χ2n) is 4.86. The lowest BCUT2D eigenvalue weighted by Gasteiger charge is -2.22. The largest absolute Gasteiger partial charge is 0.370 e. The number of anilines is 1. The van der Waals surface area contributed by atoms with E-state index in [1.807, 2.05) is 0 Å². The predicted octanol–water partition coefficient (Wildman–Crippen LogP) is 2.83. The van der Waals surface area contributed by atoms with Crippen LogP contribution in [0.2, 0.25) is 0 Å². The van der Waals surface area contributed by atoms with Crippen molar-refractivity contribution in [1.82, 2.24) is 5.32 Å². The lowest BCUT2D eigenvalue weighted by Crippen LogP contribution is -2.29. The zero-order valence-electron chi connectivity index (χ0n) is 11.1. The van der Waals surface area contributed by atoms with Crippen molar-refractivity contribution in [3.8, 4) is 0 Å². The fourth-order valence-electron chi connectivity index (χ4n) is 2.48. The van der Waals surface area contributed by atoms with Gasteiger partial charge in [-0.25, -0.2) is 0 Å². The smallest absolute Gasteiger partial charge is 0.0366 e. The van der Waals surface area contributed by atoms with Crippen molar-refractivity contribution in [1.29, 1.82) is 0 Å². The van der Waals surface area contributed by atoms with Crippen LogP contribution in [0.3, 0.4) is 0 Å². The van der Waals surface area contributed by atoms with Gasteiger partial charge >= 0.3 is 0 Å². The molecule has 0 radical (unpaired) electrons. The normalized spacial score (nSPS) is 21.3. The number of rotatable bonds is 3. The molecule has 0 bridgehead atoms. The summed E-state index contributed by atoms with van der Waals surface area (Å²) in [5, 5.41) is 3.61. The van der Waals surface area contributed by atoms with E-state index < -0.39 is 0 Å². The number of nitrogens with one attached hydrogen (secondary N) is 1. The molecule has 1 saturated heterocycles. The fourth-order valence-corrected chi connectivity index (χ4v) is 2.48. The monoisotopic (exact) mass is 232 g/mol. The van der Waals surface area contributed by atoms with Crippen LogP contribution in [-0.2, 0) is 6.42 Å². The van der Waals surface area contributed by atoms with Crippen molar-refractivity contribution in [3.63, 3.8) is 0 Å². The highest BCUT2D eigenvalue weighted by Crippen LogP contribution is 2.17. The maximum atomic E-state index is 3.61. The quantitative estimate of drug-likeness (QED) is 0.862. The summed E-state index contributed by atoms with van der Waals surface area (Å²) in [4.78, 5) is 2.50. The standard InChI is InChI=1S/C15H24N2/c1-3-13-5-7-15(8-6-13)17-11-9-14(4-2)16-10-12-17/h5-8,14,16H,3-4,9-12H2,1-2H3. The Hall–Kier alpha value is -1.02. The number of aryl methyl sites for hydroxylation is 1. The molecule has 1 unspecified atom stereocenters. The third-order valence-corrected chi connectivity index (χ3v) is 3.76. The number of hydrogen-bond acceptors (Lipinski definition) is 2. The summed E-state index contributed by atoms with van der Waals surface area (Å²) in [5.74, 6) is 0. The van der Waals surface area contributed by atoms with E-state index in [1.165, 1.54) is 30.6 Å². The third kappa shape index (κ3) is 3.22. The molecule has 0 aromatic heterocycles. The zero-order chi connectivity index (χ0) is 12.1. The Labute approximate surface area is 105 Å². The Bertz CT molecular complexity index is 331. The summed E-state index contributed by atoms with van der Waals surface area (Å²) in [5.41, 5.74) is 2.80. The highest BCUT2D eigenvalue weighted by molar-refractivity contribution is 5.47. The van der Waals surface area contributed by atoms with Crippen molar-refractivity contribution < 1.29 is 0 Å². The Morgan fingerprint density at radius 3 is 2.59 bits per heavy atom. The first kappa shape index (κ1) is 12.4. The lowest BCUT2D eigenvalue weighted by molar-refractivity contribution is 0.510. The van der Waals surface area contributed by atoms with Crippen LogP contribution in [0.25, 0.3) is 0 Å². The summed E-state index contributed by atoms with van der Waals surface area (Å²) < 4.78 is 0. The van der Waals surface area contributed by atoms with Crippen LogP contribution < -0.4 is 10.2 Å². The van der Waals surface area contributed by atoms with Gasteiger partial charge in [-0.2, -0.15) is 0 Å². The molecule has 1 fully saturated rings. The Morgan fingerprint density at radius 2 is 1.94 bits per heavy atom. The van der Waals surface area contributed by atoms with Crippen molar-refractivity contribution in [2.45, 2.75) is 39.2 Å². The number of nitrogens with zero attached hydrogens (tertiary/aromatic N) is 1. The molecule has 1 aromatic carbocycles. The first-order chi connectivity index (χ1) is 8.33. The fraction of sp³-hybridized carbons (Fsp3) is 0.600. The first-order valence-corrected chi connectivity index (χ1v) is 6.90. The summed E-state index contributed by atoms with van der Waals surface area (Å²) >= 11 is 0. The number of benzene rings is 1. The SMILES string of the molecule is CCc1ccc(N2CCNC(CC)CC2)cc1. The Kier molecular flexibility index (Phi) is 4.43. The minimum Gasteiger partial charge on any atom is -0.370 e. The van der Waals surface area contributed by atoms with Crippen LogP contribution in [-0.4, -0.2) is 25.7 Å². The van der Waals surface area contributed by atoms with E-state index in [0.29, 0.717) is 6.04 Å². The van der Waals surface area contributed by atoms with Crippen LogP contribution in [0.4, 0.5) is 5.69 Å². The molecule has 1 heterocycles. The topological polar surface area (TPSA) is 15.3 Å². The van der Waals surface area contributed by atoms with E-state index in [2.05, 4.69) is 48.3 Å². The van der Waals surface area contributed by atoms with Crippen LogP contribution in [0.1, 0.15) is 32.3 Å². The lowest BCUT2D eigenvalue weighted by atomic mass is 10.1. The van der Waals surface area contributed by atoms with E-state index in [-0.39, 0.29) is 0 Å². The molecular formula is C15H24N2. The van der Waals surface area contributed by atoms with E-state index >= 15 is 0 Å². The van der Waals surface area contributed by atoms with Crippen molar-refractivity contribution in [3.05, 3.63) is 29.8 Å². The maximum absolute atomic E-state index is 3.61. The summed E-state index contributed by atoms with van der Waals surface area (Å²) in [6.45, 7) is 7.88. The van der Waals surface area contributed by atoms with Crippen LogP contribution in [0.15, 0.2) is 24.3 Å². The second kappa shape index (κ2) is 6.06. The molecule has 1 aliphatic rings. The molecule has 1 N–H and O–H groups in total. The summed E-state index contributed by atoms with van der Waals surface area (Å²) in [6.07, 6.45) is 3.62. The molecule has 0 spiro atoms. The highest BCUT2D eigenvalue weighted by Gasteiger charge is 2.14. The van der Waals surface area contributed by atoms with Crippen LogP contribution in [0, 0.1) is 0 Å². The molecule has 1 aliphatic heterocycles. The predicted molar refractivity (Wildman–Crippen MR) is 74.7 cm³/mol. The van der Waals surface area contributed by atoms with E-state index in [0.717, 1.165) is 19.5 Å². The molecule has 2 rings (SSSR count). The van der Waals surface area contributed by atoms with Gasteiger partial charge in [0.1, 0.15) is 0 Å². The van der Waals surface area contributed by atoms with E-state index in [9.17, 15) is 0 Å². The van der Waals surface area contributed by atoms with Gasteiger partial charge in [0.2, 0.25) is 0 Å². The van der Waals surface area contributed by atoms with Gasteiger partial charge in [-0.3, -0.25) is 0 Å². The van der Waals surface area contributed by atoms with Gasteiger partial charge in [-0.05, 0) is 37.0 Å². The molecule has 0 amide bonds. The molecule has 94 valence electrons. The Balaban J connectivity index is 2.01. The minimum atomic E-state index is 0.704. The van der Waals surface area contributed by atoms with Gasteiger partial charge in [0, 0.05) is 31.4 Å². The zero-order valence-corrected chi connectivity index (χ0v) is 11.1. The third-order valence-electron chi connectivity index (χ3n) is 3.76. The average Bonchev–Trinajstić information content (AvgIpc) is 2.64. The summed E-state index contributed by atoms with van der Waals surface area (Å²) in [7, 11) is 0. The minimum absolute atomic E-state index is 0.704. The van der Waals surface area contributed by atoms with Gasteiger partial charge < -0.3 is 10.2 Å². The Morgan fingerprint density at radius 1 is 1.18 bits per heavy atom. The van der Waals surface area contributed by atoms with Gasteiger partial charge in [0.15, 0.2) is 0 Å². The van der Waals surface area contributed by atoms with Crippen molar-refractivity contribution in [2.75, 3.05) is 24.5 Å². The van der Waals surface area contributed by atoms with Gasteiger partial charge in [-0.15, -0.1) is 0 Å². The highest BCUT2D eigenvalue weighted by atomic mass is 15.2. The van der Waals surface area contributed by atoms with Crippen molar-refractivity contribution in [2.24, 2.45) is 0 Å². The van der Waals surface area contributed by atoms with E-state index in [4.69, 9.17) is 0 Å². The molecule has 2 heteroatoms. The molecular weight excluding hydrogens is 208 g/mol. The number of hydrogen-bond donors (Lipinski definition) is 1. The maximum Gasteiger partial charge on any atom is 0.0366 e. The molecule has 17 heavy (non-hydrogen) atoms. The van der Waals surface area contributed by atoms with Gasteiger partial charge in [-0.1, -0.05) is 26.0 Å². The van der Waals surface area contributed by atoms with Crippen molar-refractivity contribution >= 4 is 5.69 Å². The first-order valence-electron chi connectivity index (χ1n) is 6.90. The van der Waals surface area contributed by atoms with Crippen LogP contribution in [0.5, 0.6) is 0 Å². The molecule has 1 atom stereocenters. The molecule has 1 aromatic rings. The average molecular weight is 232 g/mol. The molecule has 2 nitrogen and oxygen atoms in total. The van der Waals surface area contributed by atoms with E-state index in [1.54, 1.807) is 0 Å².